The van der Waals surface area contributed by atoms with Crippen molar-refractivity contribution in [3.63, 3.8) is 0 Å². The molecule has 7 nitrogen and oxygen atoms in total. The number of hydrogen-bond acceptors (Lipinski definition) is 5. The molecular weight excluding hydrogens is 602 g/mol. The first kappa shape index (κ1) is 35.7. The quantitative estimate of drug-likeness (QED) is 0.184. The van der Waals surface area contributed by atoms with Gasteiger partial charge in [0.2, 0.25) is 5.91 Å². The number of methoxy groups -OCH3 is 1. The number of likely N-dealkylation sites (tertiary alicyclic amines) is 1. The number of ether oxygens (including phenoxy) is 1. The van der Waals surface area contributed by atoms with Crippen molar-refractivity contribution in [2.75, 3.05) is 26.7 Å². The maximum absolute atomic E-state index is 14.2. The molecule has 0 unspecified atom stereocenters. The molecule has 9 heteroatoms. The molecule has 1 aliphatic rings. The van der Waals surface area contributed by atoms with Crippen LogP contribution in [0.25, 0.3) is 0 Å². The Morgan fingerprint density at radius 1 is 0.979 bits per heavy atom. The van der Waals surface area contributed by atoms with Crippen LogP contribution < -0.4 is 4.74 Å². The molecule has 252 valence electrons. The van der Waals surface area contributed by atoms with Gasteiger partial charge in [0.05, 0.1) is 19.1 Å². The molecule has 4 rings (SSSR count). The van der Waals surface area contributed by atoms with Gasteiger partial charge >= 0.3 is 0 Å². The number of aliphatic hydroxyl groups excluding tert-OH is 1. The number of piperidine rings is 1. The molecule has 3 aromatic rings. The lowest BCUT2D eigenvalue weighted by Crippen LogP contribution is -2.47. The second kappa shape index (κ2) is 16.6. The number of aliphatic hydroxyl groups is 1. The average molecular weight is 649 g/mol. The Bertz CT molecular complexity index is 1530. The molecule has 2 amide bonds. The largest absolute Gasteiger partial charge is 0.497 e. The van der Waals surface area contributed by atoms with Gasteiger partial charge < -0.3 is 19.6 Å². The first-order valence-corrected chi connectivity index (χ1v) is 16.5. The molecule has 1 heterocycles. The van der Waals surface area contributed by atoms with Crippen molar-refractivity contribution in [2.45, 2.75) is 71.9 Å². The Morgan fingerprint density at radius 2 is 1.66 bits per heavy atom. The van der Waals surface area contributed by atoms with E-state index in [1.54, 1.807) is 35.1 Å². The van der Waals surface area contributed by atoms with E-state index in [-0.39, 0.29) is 36.0 Å². The molecule has 0 aliphatic carbocycles. The number of ketones is 1. The van der Waals surface area contributed by atoms with Crippen molar-refractivity contribution in [3.8, 4) is 5.75 Å². The molecule has 0 bridgehead atoms. The van der Waals surface area contributed by atoms with Crippen molar-refractivity contribution >= 4 is 17.6 Å². The van der Waals surface area contributed by atoms with Gasteiger partial charge in [-0.05, 0) is 104 Å². The van der Waals surface area contributed by atoms with Crippen LogP contribution in [0.4, 0.5) is 8.78 Å². The number of carbonyl (C=O) groups excluding carboxylic acids is 3. The highest BCUT2D eigenvalue weighted by Crippen LogP contribution is 2.31. The number of aryl methyl sites for hydroxylation is 1. The van der Waals surface area contributed by atoms with Gasteiger partial charge in [0.15, 0.2) is 5.78 Å². The first-order chi connectivity index (χ1) is 22.5. The summed E-state index contributed by atoms with van der Waals surface area (Å²) in [5, 5.41) is 11.8. The van der Waals surface area contributed by atoms with Gasteiger partial charge in [-0.2, -0.15) is 0 Å². The summed E-state index contributed by atoms with van der Waals surface area (Å²) >= 11 is 0. The maximum Gasteiger partial charge on any atom is 0.253 e. The number of rotatable bonds is 15. The summed E-state index contributed by atoms with van der Waals surface area (Å²) in [4.78, 5) is 44.5. The number of carbonyl (C=O) groups is 3. The lowest BCUT2D eigenvalue weighted by atomic mass is 9.79. The molecular formula is C38H46F2N2O5. The van der Waals surface area contributed by atoms with Gasteiger partial charge in [0, 0.05) is 49.8 Å². The monoisotopic (exact) mass is 648 g/mol. The fourth-order valence-corrected chi connectivity index (χ4v) is 6.57. The van der Waals surface area contributed by atoms with Crippen molar-refractivity contribution in [1.29, 1.82) is 0 Å². The summed E-state index contributed by atoms with van der Waals surface area (Å²) in [6.45, 7) is 7.89. The third-order valence-electron chi connectivity index (χ3n) is 8.76. The van der Waals surface area contributed by atoms with E-state index in [1.165, 1.54) is 12.1 Å². The SMILES string of the molecule is CCCN(CCC)C(=O)c1cc(C)cc(C(=O)C[C@@H](Cc2cc(F)cc(F)c2)[C@H](O)[C@@H]2CCCN(Cc3cccc(OC)c3)C2=O)c1. The summed E-state index contributed by atoms with van der Waals surface area (Å²) < 4.78 is 33.7. The summed E-state index contributed by atoms with van der Waals surface area (Å²) in [6, 6.07) is 15.6. The van der Waals surface area contributed by atoms with E-state index in [2.05, 4.69) is 0 Å². The van der Waals surface area contributed by atoms with Crippen molar-refractivity contribution in [1.82, 2.24) is 9.80 Å². The number of halogens is 2. The molecule has 0 aromatic heterocycles. The fourth-order valence-electron chi connectivity index (χ4n) is 6.57. The van der Waals surface area contributed by atoms with Gasteiger partial charge in [0.1, 0.15) is 17.4 Å². The van der Waals surface area contributed by atoms with Crippen molar-refractivity contribution in [3.05, 3.63) is 100 Å². The number of nitrogens with zero attached hydrogens (tertiary/aromatic N) is 2. The lowest BCUT2D eigenvalue weighted by molar-refractivity contribution is -0.145. The van der Waals surface area contributed by atoms with E-state index in [1.807, 2.05) is 45.0 Å². The van der Waals surface area contributed by atoms with Crippen LogP contribution in [0.1, 0.15) is 83.4 Å². The standard InChI is InChI=1S/C38H46F2N2O5/c1-5-12-41(13-6-2)37(45)30-16-25(3)15-28(21-30)35(43)22-29(17-27-18-31(39)23-32(40)19-27)36(44)34-11-8-14-42(38(34)46)24-26-9-7-10-33(20-26)47-4/h7,9-10,15-16,18-21,23,29,34,36,44H,5-6,8,11-14,17,22,24H2,1-4H3/t29-,34+,36+/m1/s1. The molecule has 0 spiro atoms. The Hall–Kier alpha value is -4.11. The van der Waals surface area contributed by atoms with Crippen molar-refractivity contribution in [2.24, 2.45) is 11.8 Å². The number of hydrogen-bond donors (Lipinski definition) is 1. The molecule has 1 saturated heterocycles. The highest BCUT2D eigenvalue weighted by atomic mass is 19.1. The number of benzene rings is 3. The van der Waals surface area contributed by atoms with Gasteiger partial charge in [-0.15, -0.1) is 0 Å². The van der Waals surface area contributed by atoms with Crippen LogP contribution in [-0.4, -0.2) is 65.4 Å². The van der Waals surface area contributed by atoms with Gasteiger partial charge in [-0.25, -0.2) is 8.78 Å². The maximum atomic E-state index is 14.2. The van der Waals surface area contributed by atoms with Crippen LogP contribution in [0.5, 0.6) is 5.75 Å². The zero-order valence-corrected chi connectivity index (χ0v) is 27.8. The molecule has 3 atom stereocenters. The molecule has 0 saturated carbocycles. The highest BCUT2D eigenvalue weighted by Gasteiger charge is 2.38. The number of amides is 2. The number of Topliss-reactive ketones (excluding diaryl/α,β-unsaturated/α-hetero) is 1. The van der Waals surface area contributed by atoms with Gasteiger partial charge in [-0.1, -0.05) is 26.0 Å². The molecule has 1 N–H and O–H groups in total. The average Bonchev–Trinajstić information content (AvgIpc) is 3.04. The molecule has 47 heavy (non-hydrogen) atoms. The second-order valence-corrected chi connectivity index (χ2v) is 12.6. The lowest BCUT2D eigenvalue weighted by Gasteiger charge is -2.37. The Balaban J connectivity index is 1.60. The van der Waals surface area contributed by atoms with E-state index < -0.39 is 29.6 Å². The van der Waals surface area contributed by atoms with E-state index in [4.69, 9.17) is 4.74 Å². The zero-order chi connectivity index (χ0) is 34.1. The minimum atomic E-state index is -1.25. The zero-order valence-electron chi connectivity index (χ0n) is 27.8. The van der Waals surface area contributed by atoms with Crippen LogP contribution in [-0.2, 0) is 17.8 Å². The van der Waals surface area contributed by atoms with Crippen LogP contribution in [0, 0.1) is 30.4 Å². The summed E-state index contributed by atoms with van der Waals surface area (Å²) in [5.74, 6) is -3.16. The Labute approximate surface area is 276 Å². The highest BCUT2D eigenvalue weighted by molar-refractivity contribution is 6.01. The molecule has 0 radical (unpaired) electrons. The van der Waals surface area contributed by atoms with Crippen LogP contribution in [0.2, 0.25) is 0 Å². The topological polar surface area (TPSA) is 87.2 Å². The van der Waals surface area contributed by atoms with Gasteiger partial charge in [0.25, 0.3) is 5.91 Å². The van der Waals surface area contributed by atoms with E-state index >= 15 is 0 Å². The first-order valence-electron chi connectivity index (χ1n) is 16.5. The Morgan fingerprint density at radius 3 is 2.32 bits per heavy atom. The van der Waals surface area contributed by atoms with Crippen LogP contribution in [0.15, 0.2) is 60.7 Å². The molecule has 1 aliphatic heterocycles. The molecule has 3 aromatic carbocycles. The van der Waals surface area contributed by atoms with Crippen LogP contribution >= 0.6 is 0 Å². The third kappa shape index (κ3) is 9.47. The summed E-state index contributed by atoms with van der Waals surface area (Å²) in [6.07, 6.45) is 1.25. The summed E-state index contributed by atoms with van der Waals surface area (Å²) in [7, 11) is 1.58. The fraction of sp³-hybridized carbons (Fsp3) is 0.447. The molecule has 1 fully saturated rings. The Kier molecular flexibility index (Phi) is 12.6. The smallest absolute Gasteiger partial charge is 0.253 e. The normalized spacial score (nSPS) is 16.1. The second-order valence-electron chi connectivity index (χ2n) is 12.6. The summed E-state index contributed by atoms with van der Waals surface area (Å²) in [5.41, 5.74) is 2.64. The van der Waals surface area contributed by atoms with E-state index in [9.17, 15) is 28.3 Å². The van der Waals surface area contributed by atoms with Crippen LogP contribution in [0.3, 0.4) is 0 Å². The van der Waals surface area contributed by atoms with Crippen molar-refractivity contribution < 1.29 is 33.0 Å². The predicted octanol–water partition coefficient (Wildman–Crippen LogP) is 6.78. The minimum absolute atomic E-state index is 0.0143. The predicted molar refractivity (Wildman–Crippen MR) is 177 cm³/mol. The third-order valence-corrected chi connectivity index (χ3v) is 8.76. The van der Waals surface area contributed by atoms with E-state index in [0.717, 1.165) is 30.0 Å². The minimum Gasteiger partial charge on any atom is -0.497 e. The van der Waals surface area contributed by atoms with Gasteiger partial charge in [-0.3, -0.25) is 14.4 Å². The van der Waals surface area contributed by atoms with E-state index in [0.29, 0.717) is 55.9 Å².